The van der Waals surface area contributed by atoms with Crippen molar-refractivity contribution in [3.63, 3.8) is 0 Å². The Morgan fingerprint density at radius 2 is 2.27 bits per heavy atom. The van der Waals surface area contributed by atoms with Crippen LogP contribution in [0.3, 0.4) is 0 Å². The van der Waals surface area contributed by atoms with E-state index in [2.05, 4.69) is 29.0 Å². The Balaban J connectivity index is 2.08. The largest absolute Gasteiger partial charge is 0.477 e. The van der Waals surface area contributed by atoms with Gasteiger partial charge in [-0.05, 0) is 32.9 Å². The van der Waals surface area contributed by atoms with Crippen molar-refractivity contribution in [3.8, 4) is 5.88 Å². The van der Waals surface area contributed by atoms with E-state index in [9.17, 15) is 4.79 Å². The average molecular weight is 307 g/mol. The molecule has 0 bridgehead atoms. The maximum absolute atomic E-state index is 12.5. The van der Waals surface area contributed by atoms with Crippen LogP contribution >= 0.6 is 0 Å². The van der Waals surface area contributed by atoms with Crippen molar-refractivity contribution in [2.75, 3.05) is 26.8 Å². The molecule has 0 radical (unpaired) electrons. The van der Waals surface area contributed by atoms with Crippen LogP contribution in [0.4, 0.5) is 0 Å². The Hall–Kier alpha value is -1.66. The number of carbonyl (C=O) groups excluding carboxylic acids is 1. The van der Waals surface area contributed by atoms with Gasteiger partial charge >= 0.3 is 0 Å². The van der Waals surface area contributed by atoms with Crippen molar-refractivity contribution in [1.82, 2.24) is 15.2 Å². The van der Waals surface area contributed by atoms with Gasteiger partial charge in [0.15, 0.2) is 0 Å². The highest BCUT2D eigenvalue weighted by Gasteiger charge is 2.35. The highest BCUT2D eigenvalue weighted by Crippen LogP contribution is 2.18. The summed E-state index contributed by atoms with van der Waals surface area (Å²) in [6.45, 7) is 8.24. The highest BCUT2D eigenvalue weighted by atomic mass is 16.5. The van der Waals surface area contributed by atoms with Crippen molar-refractivity contribution in [2.45, 2.75) is 39.0 Å². The van der Waals surface area contributed by atoms with Crippen LogP contribution in [0.15, 0.2) is 18.3 Å². The van der Waals surface area contributed by atoms with Gasteiger partial charge in [-0.3, -0.25) is 9.69 Å². The van der Waals surface area contributed by atoms with Crippen molar-refractivity contribution >= 4 is 5.91 Å². The third-order valence-corrected chi connectivity index (χ3v) is 3.94. The molecule has 1 aliphatic heterocycles. The molecule has 1 fully saturated rings. The van der Waals surface area contributed by atoms with Crippen LogP contribution < -0.4 is 10.1 Å². The van der Waals surface area contributed by atoms with Crippen LogP contribution in [0.2, 0.25) is 0 Å². The van der Waals surface area contributed by atoms with Crippen molar-refractivity contribution < 1.29 is 14.3 Å². The van der Waals surface area contributed by atoms with E-state index in [0.29, 0.717) is 24.1 Å². The fourth-order valence-electron chi connectivity index (χ4n) is 2.66. The maximum Gasteiger partial charge on any atom is 0.257 e. The number of likely N-dealkylation sites (tertiary alicyclic amines) is 1. The predicted molar refractivity (Wildman–Crippen MR) is 84.2 cm³/mol. The third-order valence-electron chi connectivity index (χ3n) is 3.94. The van der Waals surface area contributed by atoms with Crippen LogP contribution in [0, 0.1) is 0 Å². The number of hydrogen-bond acceptors (Lipinski definition) is 5. The standard InChI is InChI=1S/C16H25N3O3/c1-5-22-16-12(7-6-8-17-16)15(20)18-13-9-19(11(2)3)10-14(13)21-4/h6-8,11,13-14H,5,9-10H2,1-4H3,(H,18,20)/t13-,14-/m1/s1. The first-order valence-electron chi connectivity index (χ1n) is 7.72. The summed E-state index contributed by atoms with van der Waals surface area (Å²) >= 11 is 0. The molecule has 1 aromatic heterocycles. The zero-order valence-electron chi connectivity index (χ0n) is 13.7. The number of carbonyl (C=O) groups is 1. The van der Waals surface area contributed by atoms with E-state index in [1.54, 1.807) is 25.4 Å². The molecule has 2 atom stereocenters. The first kappa shape index (κ1) is 16.7. The molecule has 0 spiro atoms. The zero-order chi connectivity index (χ0) is 16.1. The van der Waals surface area contributed by atoms with Gasteiger partial charge in [-0.1, -0.05) is 0 Å². The maximum atomic E-state index is 12.5. The van der Waals surface area contributed by atoms with E-state index in [-0.39, 0.29) is 18.1 Å². The molecule has 0 aliphatic carbocycles. The molecular weight excluding hydrogens is 282 g/mol. The molecule has 22 heavy (non-hydrogen) atoms. The van der Waals surface area contributed by atoms with Crippen molar-refractivity contribution in [2.24, 2.45) is 0 Å². The van der Waals surface area contributed by atoms with E-state index in [4.69, 9.17) is 9.47 Å². The number of hydrogen-bond donors (Lipinski definition) is 1. The van der Waals surface area contributed by atoms with Gasteiger partial charge in [-0.15, -0.1) is 0 Å². The summed E-state index contributed by atoms with van der Waals surface area (Å²) in [6.07, 6.45) is 1.62. The smallest absolute Gasteiger partial charge is 0.257 e. The molecule has 122 valence electrons. The lowest BCUT2D eigenvalue weighted by Crippen LogP contribution is -2.43. The second-order valence-electron chi connectivity index (χ2n) is 5.69. The fraction of sp³-hybridized carbons (Fsp3) is 0.625. The summed E-state index contributed by atoms with van der Waals surface area (Å²) in [4.78, 5) is 18.9. The molecule has 1 aromatic rings. The van der Waals surface area contributed by atoms with Gasteiger partial charge in [0.05, 0.1) is 18.8 Å². The first-order chi connectivity index (χ1) is 10.6. The Labute approximate surface area is 131 Å². The number of nitrogens with one attached hydrogen (secondary N) is 1. The summed E-state index contributed by atoms with van der Waals surface area (Å²) in [5.41, 5.74) is 0.460. The van der Waals surface area contributed by atoms with Gasteiger partial charge in [-0.25, -0.2) is 4.98 Å². The van der Waals surface area contributed by atoms with Gasteiger partial charge in [0.1, 0.15) is 5.56 Å². The minimum absolute atomic E-state index is 0.00133. The normalized spacial score (nSPS) is 22.0. The van der Waals surface area contributed by atoms with E-state index in [1.807, 2.05) is 6.92 Å². The molecule has 2 heterocycles. The van der Waals surface area contributed by atoms with Crippen LogP contribution in [-0.4, -0.2) is 60.8 Å². The summed E-state index contributed by atoms with van der Waals surface area (Å²) in [5, 5.41) is 3.05. The minimum atomic E-state index is -0.172. The Morgan fingerprint density at radius 1 is 1.50 bits per heavy atom. The van der Waals surface area contributed by atoms with E-state index >= 15 is 0 Å². The lowest BCUT2D eigenvalue weighted by Gasteiger charge is -2.20. The SMILES string of the molecule is CCOc1ncccc1C(=O)N[C@@H]1CN(C(C)C)C[C@H]1OC. The predicted octanol–water partition coefficient (Wildman–Crippen LogP) is 1.32. The molecule has 0 unspecified atom stereocenters. The van der Waals surface area contributed by atoms with Gasteiger partial charge < -0.3 is 14.8 Å². The Morgan fingerprint density at radius 3 is 2.91 bits per heavy atom. The summed E-state index contributed by atoms with van der Waals surface area (Å²) in [5.74, 6) is 0.199. The van der Waals surface area contributed by atoms with Crippen LogP contribution in [-0.2, 0) is 4.74 Å². The second-order valence-corrected chi connectivity index (χ2v) is 5.69. The minimum Gasteiger partial charge on any atom is -0.477 e. The lowest BCUT2D eigenvalue weighted by molar-refractivity contribution is 0.0750. The fourth-order valence-corrected chi connectivity index (χ4v) is 2.66. The zero-order valence-corrected chi connectivity index (χ0v) is 13.7. The van der Waals surface area contributed by atoms with Crippen molar-refractivity contribution in [3.05, 3.63) is 23.9 Å². The van der Waals surface area contributed by atoms with Crippen LogP contribution in [0.5, 0.6) is 5.88 Å². The number of rotatable bonds is 6. The molecule has 6 nitrogen and oxygen atoms in total. The Kier molecular flexibility index (Phi) is 5.74. The molecular formula is C16H25N3O3. The molecule has 1 N–H and O–H groups in total. The molecule has 1 saturated heterocycles. The molecule has 1 aliphatic rings. The molecule has 0 aromatic carbocycles. The van der Waals surface area contributed by atoms with Gasteiger partial charge in [0, 0.05) is 32.4 Å². The van der Waals surface area contributed by atoms with Crippen LogP contribution in [0.25, 0.3) is 0 Å². The van der Waals surface area contributed by atoms with E-state index in [1.165, 1.54) is 0 Å². The van der Waals surface area contributed by atoms with Gasteiger partial charge in [-0.2, -0.15) is 0 Å². The summed E-state index contributed by atoms with van der Waals surface area (Å²) < 4.78 is 10.9. The first-order valence-corrected chi connectivity index (χ1v) is 7.72. The topological polar surface area (TPSA) is 63.7 Å². The van der Waals surface area contributed by atoms with Gasteiger partial charge in [0.2, 0.25) is 5.88 Å². The molecule has 2 rings (SSSR count). The van der Waals surface area contributed by atoms with E-state index < -0.39 is 0 Å². The Bertz CT molecular complexity index is 507. The second kappa shape index (κ2) is 7.56. The molecule has 0 saturated carbocycles. The highest BCUT2D eigenvalue weighted by molar-refractivity contribution is 5.96. The quantitative estimate of drug-likeness (QED) is 0.859. The molecule has 1 amide bonds. The average Bonchev–Trinajstić information content (AvgIpc) is 2.91. The molecule has 6 heteroatoms. The van der Waals surface area contributed by atoms with Gasteiger partial charge in [0.25, 0.3) is 5.91 Å². The van der Waals surface area contributed by atoms with Crippen molar-refractivity contribution in [1.29, 1.82) is 0 Å². The number of pyridine rings is 1. The summed E-state index contributed by atoms with van der Waals surface area (Å²) in [7, 11) is 1.68. The number of nitrogens with zero attached hydrogens (tertiary/aromatic N) is 2. The van der Waals surface area contributed by atoms with Crippen LogP contribution in [0.1, 0.15) is 31.1 Å². The summed E-state index contributed by atoms with van der Waals surface area (Å²) in [6, 6.07) is 3.86. The third kappa shape index (κ3) is 3.75. The lowest BCUT2D eigenvalue weighted by atomic mass is 10.2. The monoisotopic (exact) mass is 307 g/mol. The number of ether oxygens (including phenoxy) is 2. The van der Waals surface area contributed by atoms with E-state index in [0.717, 1.165) is 13.1 Å². The number of aromatic nitrogens is 1. The number of methoxy groups -OCH3 is 1. The number of amides is 1.